The Morgan fingerprint density at radius 2 is 1.93 bits per heavy atom. The lowest BCUT2D eigenvalue weighted by molar-refractivity contribution is 0.0453. The molecular formula is C33H39ClN2O5S. The average molecular weight is 611 g/mol. The second kappa shape index (κ2) is 10.9. The molecule has 1 amide bonds. The highest BCUT2D eigenvalue weighted by Gasteiger charge is 2.44. The predicted molar refractivity (Wildman–Crippen MR) is 164 cm³/mol. The maximum absolute atomic E-state index is 13.4. The molecule has 1 spiro atoms. The van der Waals surface area contributed by atoms with Crippen molar-refractivity contribution in [2.45, 2.75) is 74.6 Å². The van der Waals surface area contributed by atoms with Crippen LogP contribution in [-0.2, 0) is 21.9 Å². The Morgan fingerprint density at radius 1 is 1.05 bits per heavy atom. The third kappa shape index (κ3) is 5.13. The van der Waals surface area contributed by atoms with Crippen LogP contribution in [0.4, 0.5) is 5.69 Å². The summed E-state index contributed by atoms with van der Waals surface area (Å²) in [5.41, 5.74) is 3.39. The number of rotatable bonds is 0. The van der Waals surface area contributed by atoms with Gasteiger partial charge in [0.1, 0.15) is 5.75 Å². The number of carbonyl (C=O) groups is 1. The van der Waals surface area contributed by atoms with Gasteiger partial charge in [0.05, 0.1) is 23.6 Å². The van der Waals surface area contributed by atoms with E-state index < -0.39 is 27.3 Å². The number of aliphatic hydroxyl groups excluding tert-OH is 1. The van der Waals surface area contributed by atoms with Crippen LogP contribution in [0.3, 0.4) is 0 Å². The van der Waals surface area contributed by atoms with Gasteiger partial charge in [0.2, 0.25) is 10.0 Å². The number of nitrogens with one attached hydrogen (secondary N) is 1. The van der Waals surface area contributed by atoms with E-state index in [1.807, 2.05) is 24.3 Å². The predicted octanol–water partition coefficient (Wildman–Crippen LogP) is 5.39. The van der Waals surface area contributed by atoms with E-state index in [2.05, 4.69) is 21.8 Å². The Hall–Kier alpha value is -2.55. The van der Waals surface area contributed by atoms with Crippen molar-refractivity contribution in [2.75, 3.05) is 24.6 Å². The standard InChI is InChI=1S/C33H39ClN2O5S/c34-25-9-11-28-22(16-25)4-2-14-33(28)19-36-18-24-7-10-27(24)30(37)12-6-21-3-1-5-26(15-21)42(39,40)35-32(38)23-8-13-31(41-20-33)29(36)17-23/h6,8-9,11-13,16-17,21,24,26-27,30,37H,1-5,7,10,14-15,18-20H2,(H,35,38)/b12-6-/t21-,24-,26-,27+,30-,33-/m0/s1. The van der Waals surface area contributed by atoms with Gasteiger partial charge in [-0.25, -0.2) is 13.1 Å². The first-order chi connectivity index (χ1) is 20.2. The molecule has 2 aromatic rings. The fraction of sp³-hybridized carbons (Fsp3) is 0.545. The van der Waals surface area contributed by atoms with E-state index in [9.17, 15) is 18.3 Å². The Balaban J connectivity index is 1.30. The molecule has 2 aromatic carbocycles. The van der Waals surface area contributed by atoms with E-state index in [1.54, 1.807) is 12.1 Å². The summed E-state index contributed by atoms with van der Waals surface area (Å²) in [7, 11) is -3.85. The number of fused-ring (bicyclic) bond motifs is 6. The smallest absolute Gasteiger partial charge is 0.264 e. The number of hydrogen-bond donors (Lipinski definition) is 2. The van der Waals surface area contributed by atoms with Crippen LogP contribution in [0.1, 0.15) is 72.9 Å². The maximum Gasteiger partial charge on any atom is 0.264 e. The van der Waals surface area contributed by atoms with E-state index in [1.165, 1.54) is 11.1 Å². The molecular weight excluding hydrogens is 572 g/mol. The summed E-state index contributed by atoms with van der Waals surface area (Å²) < 4.78 is 35.6. The molecule has 2 aliphatic heterocycles. The summed E-state index contributed by atoms with van der Waals surface area (Å²) in [5.74, 6) is 0.608. The molecule has 9 heteroatoms. The third-order valence-corrected chi connectivity index (χ3v) is 12.6. The number of halogens is 1. The van der Waals surface area contributed by atoms with Crippen molar-refractivity contribution >= 4 is 33.2 Å². The number of hydrogen-bond acceptors (Lipinski definition) is 6. The number of carbonyl (C=O) groups excluding carboxylic acids is 1. The molecule has 2 heterocycles. The van der Waals surface area contributed by atoms with Gasteiger partial charge in [-0.15, -0.1) is 0 Å². The lowest BCUT2D eigenvalue weighted by atomic mass is 9.68. The van der Waals surface area contributed by atoms with Gasteiger partial charge in [0.25, 0.3) is 5.91 Å². The molecule has 0 aromatic heterocycles. The molecule has 42 heavy (non-hydrogen) atoms. The third-order valence-electron chi connectivity index (χ3n) is 10.6. The summed E-state index contributed by atoms with van der Waals surface area (Å²) in [5, 5.41) is 11.4. The second-order valence-corrected chi connectivity index (χ2v) is 15.6. The zero-order valence-electron chi connectivity index (χ0n) is 23.8. The summed E-state index contributed by atoms with van der Waals surface area (Å²) in [4.78, 5) is 15.7. The molecule has 0 radical (unpaired) electrons. The first kappa shape index (κ1) is 28.2. The number of aryl methyl sites for hydroxylation is 1. The number of ether oxygens (including phenoxy) is 1. The topological polar surface area (TPSA) is 95.9 Å². The first-order valence-electron chi connectivity index (χ1n) is 15.4. The number of allylic oxidation sites excluding steroid dienone is 1. The van der Waals surface area contributed by atoms with E-state index >= 15 is 0 Å². The molecule has 7 rings (SSSR count). The number of nitrogens with zero attached hydrogens (tertiary/aromatic N) is 1. The monoisotopic (exact) mass is 610 g/mol. The zero-order valence-corrected chi connectivity index (χ0v) is 25.4. The fourth-order valence-electron chi connectivity index (χ4n) is 8.13. The average Bonchev–Trinajstić information content (AvgIpc) is 3.10. The minimum Gasteiger partial charge on any atom is -0.490 e. The van der Waals surface area contributed by atoms with Crippen molar-refractivity contribution in [3.05, 3.63) is 70.3 Å². The van der Waals surface area contributed by atoms with Gasteiger partial charge >= 0.3 is 0 Å². The summed E-state index contributed by atoms with van der Waals surface area (Å²) in [6.07, 6.45) is 11.0. The summed E-state index contributed by atoms with van der Waals surface area (Å²) in [6, 6.07) is 11.5. The SMILES string of the molecule is O=C1NS(=O)(=O)[C@H]2CCC[C@@H](/C=C\[C@H](O)[C@@H]3CC[C@H]3CN3C[C@@]4(CCCc5cc(Cl)ccc54)COc4ccc1cc43)C2. The van der Waals surface area contributed by atoms with Crippen LogP contribution in [-0.4, -0.2) is 50.5 Å². The van der Waals surface area contributed by atoms with Crippen molar-refractivity contribution in [1.82, 2.24) is 4.72 Å². The van der Waals surface area contributed by atoms with Gasteiger partial charge in [-0.05, 0) is 111 Å². The molecule has 7 nitrogen and oxygen atoms in total. The lowest BCUT2D eigenvalue weighted by Gasteiger charge is -2.45. The summed E-state index contributed by atoms with van der Waals surface area (Å²) in [6.45, 7) is 1.94. The van der Waals surface area contributed by atoms with E-state index in [0.29, 0.717) is 43.2 Å². The molecule has 2 saturated carbocycles. The van der Waals surface area contributed by atoms with Crippen LogP contribution < -0.4 is 14.4 Å². The fourth-order valence-corrected chi connectivity index (χ4v) is 9.85. The number of anilines is 1. The van der Waals surface area contributed by atoms with Crippen molar-refractivity contribution < 1.29 is 23.1 Å². The normalized spacial score (nSPS) is 34.6. The Labute approximate surface area is 253 Å². The van der Waals surface area contributed by atoms with Crippen LogP contribution in [0.2, 0.25) is 5.02 Å². The summed E-state index contributed by atoms with van der Waals surface area (Å²) >= 11 is 6.39. The van der Waals surface area contributed by atoms with Gasteiger partial charge in [-0.3, -0.25) is 4.79 Å². The van der Waals surface area contributed by atoms with Crippen molar-refractivity contribution in [2.24, 2.45) is 17.8 Å². The van der Waals surface area contributed by atoms with Crippen molar-refractivity contribution in [3.8, 4) is 5.75 Å². The van der Waals surface area contributed by atoms with Gasteiger partial charge < -0.3 is 14.7 Å². The lowest BCUT2D eigenvalue weighted by Crippen LogP contribution is -2.49. The quantitative estimate of drug-likeness (QED) is 0.389. The van der Waals surface area contributed by atoms with E-state index in [0.717, 1.165) is 62.2 Å². The van der Waals surface area contributed by atoms with Crippen LogP contribution in [0.25, 0.3) is 0 Å². The Morgan fingerprint density at radius 3 is 2.76 bits per heavy atom. The molecule has 224 valence electrons. The minimum absolute atomic E-state index is 0.0740. The Kier molecular flexibility index (Phi) is 7.30. The van der Waals surface area contributed by atoms with E-state index in [4.69, 9.17) is 16.3 Å². The van der Waals surface area contributed by atoms with Crippen LogP contribution >= 0.6 is 11.6 Å². The number of aliphatic hydroxyl groups is 1. The molecule has 3 aliphatic carbocycles. The highest BCUT2D eigenvalue weighted by Crippen LogP contribution is 2.47. The maximum atomic E-state index is 13.4. The zero-order chi connectivity index (χ0) is 29.1. The van der Waals surface area contributed by atoms with Gasteiger partial charge in [0, 0.05) is 29.1 Å². The molecule has 2 fully saturated rings. The van der Waals surface area contributed by atoms with Crippen molar-refractivity contribution in [1.29, 1.82) is 0 Å². The molecule has 6 atom stereocenters. The first-order valence-corrected chi connectivity index (χ1v) is 17.4. The molecule has 0 unspecified atom stereocenters. The largest absolute Gasteiger partial charge is 0.490 e. The van der Waals surface area contributed by atoms with Crippen LogP contribution in [0.5, 0.6) is 5.75 Å². The molecule has 5 aliphatic rings. The van der Waals surface area contributed by atoms with Gasteiger partial charge in [-0.2, -0.15) is 0 Å². The second-order valence-electron chi connectivity index (χ2n) is 13.2. The van der Waals surface area contributed by atoms with Crippen LogP contribution in [0.15, 0.2) is 48.6 Å². The number of benzene rings is 2. The Bertz CT molecular complexity index is 1530. The number of amides is 1. The highest BCUT2D eigenvalue weighted by atomic mass is 35.5. The minimum atomic E-state index is -3.85. The highest BCUT2D eigenvalue weighted by molar-refractivity contribution is 7.90. The number of sulfonamides is 1. The van der Waals surface area contributed by atoms with Gasteiger partial charge in [-0.1, -0.05) is 36.2 Å². The van der Waals surface area contributed by atoms with Gasteiger partial charge in [0.15, 0.2) is 0 Å². The molecule has 0 saturated heterocycles. The molecule has 4 bridgehead atoms. The van der Waals surface area contributed by atoms with Crippen LogP contribution in [0, 0.1) is 17.8 Å². The van der Waals surface area contributed by atoms with E-state index in [-0.39, 0.29) is 17.3 Å². The molecule has 2 N–H and O–H groups in total. The van der Waals surface area contributed by atoms with Crippen molar-refractivity contribution in [3.63, 3.8) is 0 Å².